The van der Waals surface area contributed by atoms with Crippen molar-refractivity contribution in [1.82, 2.24) is 20.0 Å². The Bertz CT molecular complexity index is 1290. The maximum absolute atomic E-state index is 13.6. The number of morpholine rings is 1. The van der Waals surface area contributed by atoms with Gasteiger partial charge in [-0.15, -0.1) is 11.3 Å². The predicted molar refractivity (Wildman–Crippen MR) is 142 cm³/mol. The number of nitrogens with zero attached hydrogens (tertiary/aromatic N) is 3. The van der Waals surface area contributed by atoms with Gasteiger partial charge in [-0.2, -0.15) is 5.10 Å². The molecule has 1 saturated heterocycles. The lowest BCUT2D eigenvalue weighted by molar-refractivity contribution is 0.0169. The molecule has 36 heavy (non-hydrogen) atoms. The molecule has 1 N–H and O–H groups in total. The molecule has 3 heterocycles. The summed E-state index contributed by atoms with van der Waals surface area (Å²) in [6.45, 7) is 5.66. The lowest BCUT2D eigenvalue weighted by atomic mass is 10.1. The Morgan fingerprint density at radius 2 is 1.94 bits per heavy atom. The Morgan fingerprint density at radius 3 is 2.67 bits per heavy atom. The minimum Gasteiger partial charge on any atom is -0.497 e. The molecule has 7 nitrogen and oxygen atoms in total. The van der Waals surface area contributed by atoms with Gasteiger partial charge in [-0.25, -0.2) is 4.68 Å². The zero-order chi connectivity index (χ0) is 24.9. The SMILES string of the molecule is COc1cccc(-c2nn(-c3ccc(C)cc3)cc2C(=O)NC[C@@H](c2cccs2)N2CCOCC2)c1. The molecule has 8 heteroatoms. The Kier molecular flexibility index (Phi) is 7.46. The summed E-state index contributed by atoms with van der Waals surface area (Å²) in [7, 11) is 1.63. The third-order valence-electron chi connectivity index (χ3n) is 6.41. The normalized spacial score (nSPS) is 14.9. The van der Waals surface area contributed by atoms with E-state index in [0.29, 0.717) is 36.8 Å². The van der Waals surface area contributed by atoms with Gasteiger partial charge in [0, 0.05) is 36.3 Å². The molecule has 1 atom stereocenters. The molecule has 2 aromatic carbocycles. The molecular weight excluding hydrogens is 472 g/mol. The zero-order valence-electron chi connectivity index (χ0n) is 20.5. The molecule has 1 amide bonds. The third kappa shape index (κ3) is 5.36. The van der Waals surface area contributed by atoms with Crippen molar-refractivity contribution in [2.75, 3.05) is 40.0 Å². The van der Waals surface area contributed by atoms with Gasteiger partial charge >= 0.3 is 0 Å². The average molecular weight is 503 g/mol. The van der Waals surface area contributed by atoms with Gasteiger partial charge in [-0.05, 0) is 42.6 Å². The lowest BCUT2D eigenvalue weighted by Gasteiger charge is -2.34. The van der Waals surface area contributed by atoms with E-state index in [4.69, 9.17) is 14.6 Å². The standard InChI is InChI=1S/C28H30N4O3S/c1-20-8-10-22(11-9-20)32-19-24(27(30-32)21-5-3-6-23(17-21)34-2)28(33)29-18-25(26-7-4-16-36-26)31-12-14-35-15-13-31/h3-11,16-17,19,25H,12-15,18H2,1-2H3,(H,29,33)/t25-/m0/s1. The van der Waals surface area contributed by atoms with Crippen LogP contribution in [0.15, 0.2) is 72.2 Å². The van der Waals surface area contributed by atoms with E-state index in [1.807, 2.05) is 61.7 Å². The van der Waals surface area contributed by atoms with E-state index in [1.54, 1.807) is 23.1 Å². The maximum Gasteiger partial charge on any atom is 0.255 e. The number of carbonyl (C=O) groups excluding carboxylic acids is 1. The average Bonchev–Trinajstić information content (AvgIpc) is 3.61. The minimum atomic E-state index is -0.152. The Labute approximate surface area is 215 Å². The summed E-state index contributed by atoms with van der Waals surface area (Å²) in [5, 5.41) is 10.1. The van der Waals surface area contributed by atoms with E-state index in [0.717, 1.165) is 24.3 Å². The molecule has 186 valence electrons. The van der Waals surface area contributed by atoms with Crippen molar-refractivity contribution in [1.29, 1.82) is 0 Å². The van der Waals surface area contributed by atoms with Gasteiger partial charge < -0.3 is 14.8 Å². The summed E-state index contributed by atoms with van der Waals surface area (Å²) in [5.41, 5.74) is 4.03. The van der Waals surface area contributed by atoms with Crippen LogP contribution < -0.4 is 10.1 Å². The summed E-state index contributed by atoms with van der Waals surface area (Å²) in [6, 6.07) is 20.0. The fourth-order valence-electron chi connectivity index (χ4n) is 4.42. The molecule has 1 fully saturated rings. The van der Waals surface area contributed by atoms with Crippen LogP contribution >= 0.6 is 11.3 Å². The summed E-state index contributed by atoms with van der Waals surface area (Å²) >= 11 is 1.71. The van der Waals surface area contributed by atoms with Crippen LogP contribution in [0.1, 0.15) is 26.8 Å². The first kappa shape index (κ1) is 24.2. The molecule has 1 aliphatic heterocycles. The number of aryl methyl sites for hydroxylation is 1. The quantitative estimate of drug-likeness (QED) is 0.378. The number of thiophene rings is 1. The Morgan fingerprint density at radius 1 is 1.14 bits per heavy atom. The van der Waals surface area contributed by atoms with Crippen molar-refractivity contribution in [2.45, 2.75) is 13.0 Å². The van der Waals surface area contributed by atoms with Gasteiger partial charge in [0.1, 0.15) is 11.4 Å². The summed E-state index contributed by atoms with van der Waals surface area (Å²) in [5.74, 6) is 0.565. The van der Waals surface area contributed by atoms with Crippen LogP contribution in [0.2, 0.25) is 0 Å². The first-order valence-electron chi connectivity index (χ1n) is 12.1. The van der Waals surface area contributed by atoms with Crippen LogP contribution in [0, 0.1) is 6.92 Å². The van der Waals surface area contributed by atoms with Gasteiger partial charge in [-0.1, -0.05) is 35.9 Å². The number of amides is 1. The van der Waals surface area contributed by atoms with Crippen LogP contribution in [-0.4, -0.2) is 60.5 Å². The summed E-state index contributed by atoms with van der Waals surface area (Å²) < 4.78 is 12.7. The van der Waals surface area contributed by atoms with E-state index in [1.165, 1.54) is 10.4 Å². The number of benzene rings is 2. The second-order valence-corrected chi connectivity index (χ2v) is 9.77. The second-order valence-electron chi connectivity index (χ2n) is 8.79. The highest BCUT2D eigenvalue weighted by Gasteiger charge is 2.26. The fraction of sp³-hybridized carbons (Fsp3) is 0.286. The van der Waals surface area contributed by atoms with Crippen molar-refractivity contribution in [3.8, 4) is 22.7 Å². The zero-order valence-corrected chi connectivity index (χ0v) is 21.3. The van der Waals surface area contributed by atoms with Crippen LogP contribution in [0.3, 0.4) is 0 Å². The van der Waals surface area contributed by atoms with Gasteiger partial charge in [0.2, 0.25) is 0 Å². The first-order chi connectivity index (χ1) is 17.6. The predicted octanol–water partition coefficient (Wildman–Crippen LogP) is 4.72. The molecule has 0 saturated carbocycles. The molecular formula is C28H30N4O3S. The minimum absolute atomic E-state index is 0.102. The molecule has 0 radical (unpaired) electrons. The van der Waals surface area contributed by atoms with Crippen molar-refractivity contribution in [3.05, 3.63) is 88.2 Å². The maximum atomic E-state index is 13.6. The van der Waals surface area contributed by atoms with E-state index in [9.17, 15) is 4.79 Å². The van der Waals surface area contributed by atoms with Crippen molar-refractivity contribution >= 4 is 17.2 Å². The highest BCUT2D eigenvalue weighted by atomic mass is 32.1. The third-order valence-corrected chi connectivity index (χ3v) is 7.39. The van der Waals surface area contributed by atoms with E-state index in [2.05, 4.69) is 27.7 Å². The number of carbonyl (C=O) groups is 1. The molecule has 0 unspecified atom stereocenters. The number of methoxy groups -OCH3 is 1. The second kappa shape index (κ2) is 11.1. The monoisotopic (exact) mass is 502 g/mol. The molecule has 2 aromatic heterocycles. The van der Waals surface area contributed by atoms with Crippen molar-refractivity contribution < 1.29 is 14.3 Å². The van der Waals surface area contributed by atoms with Crippen molar-refractivity contribution in [3.63, 3.8) is 0 Å². The van der Waals surface area contributed by atoms with E-state index < -0.39 is 0 Å². The number of ether oxygens (including phenoxy) is 2. The topological polar surface area (TPSA) is 68.6 Å². The summed E-state index contributed by atoms with van der Waals surface area (Å²) in [4.78, 5) is 17.2. The van der Waals surface area contributed by atoms with Gasteiger partial charge in [0.25, 0.3) is 5.91 Å². The number of nitrogens with one attached hydrogen (secondary N) is 1. The number of hydrogen-bond acceptors (Lipinski definition) is 6. The largest absolute Gasteiger partial charge is 0.497 e. The van der Waals surface area contributed by atoms with E-state index in [-0.39, 0.29) is 11.9 Å². The molecule has 4 aromatic rings. The molecule has 0 aliphatic carbocycles. The Balaban J connectivity index is 1.45. The molecule has 1 aliphatic rings. The fourth-order valence-corrected chi connectivity index (χ4v) is 5.28. The lowest BCUT2D eigenvalue weighted by Crippen LogP contribution is -2.43. The van der Waals surface area contributed by atoms with Gasteiger partial charge in [0.15, 0.2) is 0 Å². The molecule has 0 bridgehead atoms. The molecule has 0 spiro atoms. The van der Waals surface area contributed by atoms with Crippen LogP contribution in [-0.2, 0) is 4.74 Å². The number of rotatable bonds is 8. The highest BCUT2D eigenvalue weighted by molar-refractivity contribution is 7.10. The molecule has 5 rings (SSSR count). The van der Waals surface area contributed by atoms with Gasteiger partial charge in [0.05, 0.1) is 37.6 Å². The van der Waals surface area contributed by atoms with Crippen molar-refractivity contribution in [2.24, 2.45) is 0 Å². The van der Waals surface area contributed by atoms with Crippen LogP contribution in [0.5, 0.6) is 5.75 Å². The number of hydrogen-bond donors (Lipinski definition) is 1. The summed E-state index contributed by atoms with van der Waals surface area (Å²) in [6.07, 6.45) is 1.81. The van der Waals surface area contributed by atoms with Crippen LogP contribution in [0.4, 0.5) is 0 Å². The van der Waals surface area contributed by atoms with Gasteiger partial charge in [-0.3, -0.25) is 9.69 Å². The smallest absolute Gasteiger partial charge is 0.255 e. The number of aromatic nitrogens is 2. The highest BCUT2D eigenvalue weighted by Crippen LogP contribution is 2.28. The van der Waals surface area contributed by atoms with E-state index >= 15 is 0 Å². The van der Waals surface area contributed by atoms with Crippen LogP contribution in [0.25, 0.3) is 16.9 Å². The first-order valence-corrected chi connectivity index (χ1v) is 12.9. The Hall–Kier alpha value is -3.46.